The zero-order valence-electron chi connectivity index (χ0n) is 15.0. The molecule has 0 spiro atoms. The van der Waals surface area contributed by atoms with Gasteiger partial charge in [-0.3, -0.25) is 14.2 Å². The van der Waals surface area contributed by atoms with E-state index in [9.17, 15) is 14.4 Å². The maximum absolute atomic E-state index is 13.1. The fourth-order valence-corrected chi connectivity index (χ4v) is 3.72. The molecule has 1 N–H and O–H groups in total. The summed E-state index contributed by atoms with van der Waals surface area (Å²) < 4.78 is 3.02. The number of nitrogens with zero attached hydrogens (tertiary/aromatic N) is 2. The molecule has 0 aliphatic carbocycles. The number of hydrogen-bond donors (Lipinski definition) is 1. The largest absolute Gasteiger partial charge is 0.355 e. The van der Waals surface area contributed by atoms with Gasteiger partial charge in [-0.1, -0.05) is 19.1 Å². The molecular weight excluding hydrogens is 350 g/mol. The van der Waals surface area contributed by atoms with Crippen molar-refractivity contribution in [2.24, 2.45) is 0 Å². The van der Waals surface area contributed by atoms with Gasteiger partial charge < -0.3 is 5.32 Å². The van der Waals surface area contributed by atoms with Crippen molar-refractivity contribution in [3.8, 4) is 5.69 Å². The van der Waals surface area contributed by atoms with Crippen LogP contribution in [0.25, 0.3) is 15.9 Å². The number of carbonyl (C=O) groups excluding carboxylic acids is 1. The Morgan fingerprint density at radius 2 is 1.96 bits per heavy atom. The van der Waals surface area contributed by atoms with Gasteiger partial charge in [0.05, 0.1) is 11.2 Å². The minimum atomic E-state index is -0.499. The molecule has 3 rings (SSSR count). The van der Waals surface area contributed by atoms with Gasteiger partial charge in [0.25, 0.3) is 5.56 Å². The number of carbonyl (C=O) groups is 1. The first kappa shape index (κ1) is 18.1. The van der Waals surface area contributed by atoms with Crippen molar-refractivity contribution in [1.82, 2.24) is 14.5 Å². The van der Waals surface area contributed by atoms with E-state index in [0.29, 0.717) is 22.4 Å². The normalized spacial score (nSPS) is 11.0. The van der Waals surface area contributed by atoms with Crippen LogP contribution >= 0.6 is 11.3 Å². The predicted molar refractivity (Wildman–Crippen MR) is 104 cm³/mol. The quantitative estimate of drug-likeness (QED) is 0.748. The Balaban J connectivity index is 2.25. The van der Waals surface area contributed by atoms with E-state index in [4.69, 9.17) is 0 Å². The maximum Gasteiger partial charge on any atom is 0.336 e. The Bertz CT molecular complexity index is 1090. The van der Waals surface area contributed by atoms with Gasteiger partial charge in [0.1, 0.15) is 11.2 Å². The van der Waals surface area contributed by atoms with Crippen molar-refractivity contribution in [3.05, 3.63) is 61.6 Å². The number of thiophene rings is 1. The molecule has 0 saturated heterocycles. The van der Waals surface area contributed by atoms with Crippen LogP contribution in [-0.4, -0.2) is 21.6 Å². The highest BCUT2D eigenvalue weighted by Crippen LogP contribution is 2.19. The van der Waals surface area contributed by atoms with Crippen molar-refractivity contribution in [2.75, 3.05) is 6.54 Å². The lowest BCUT2D eigenvalue weighted by molar-refractivity contribution is -0.121. The van der Waals surface area contributed by atoms with Gasteiger partial charge in [0, 0.05) is 6.54 Å². The van der Waals surface area contributed by atoms with Gasteiger partial charge in [0.15, 0.2) is 0 Å². The molecule has 2 aromatic heterocycles. The number of aryl methyl sites for hydroxylation is 1. The fourth-order valence-electron chi connectivity index (χ4n) is 2.89. The lowest BCUT2D eigenvalue weighted by Crippen LogP contribution is -2.41. The Hall–Kier alpha value is -2.67. The molecule has 6 nitrogen and oxygen atoms in total. The van der Waals surface area contributed by atoms with Crippen LogP contribution in [0.5, 0.6) is 0 Å². The van der Waals surface area contributed by atoms with Crippen LogP contribution in [0, 0.1) is 13.8 Å². The second-order valence-corrected chi connectivity index (χ2v) is 7.13. The van der Waals surface area contributed by atoms with E-state index >= 15 is 0 Å². The average molecular weight is 371 g/mol. The van der Waals surface area contributed by atoms with Crippen LogP contribution in [0.3, 0.4) is 0 Å². The first-order valence-corrected chi connectivity index (χ1v) is 9.40. The number of benzene rings is 1. The molecule has 0 unspecified atom stereocenters. The van der Waals surface area contributed by atoms with E-state index in [2.05, 4.69) is 5.32 Å². The molecule has 0 radical (unpaired) electrons. The van der Waals surface area contributed by atoms with Crippen LogP contribution in [0.4, 0.5) is 0 Å². The van der Waals surface area contributed by atoms with Crippen LogP contribution < -0.4 is 16.6 Å². The molecule has 1 amide bonds. The van der Waals surface area contributed by atoms with Crippen molar-refractivity contribution in [2.45, 2.75) is 33.7 Å². The summed E-state index contributed by atoms with van der Waals surface area (Å²) in [4.78, 5) is 38.3. The van der Waals surface area contributed by atoms with Crippen LogP contribution in [-0.2, 0) is 11.3 Å². The summed E-state index contributed by atoms with van der Waals surface area (Å²) in [6.07, 6.45) is 0.816. The first-order valence-electron chi connectivity index (χ1n) is 8.52. The number of aromatic nitrogens is 2. The van der Waals surface area contributed by atoms with E-state index in [1.54, 1.807) is 17.5 Å². The second kappa shape index (κ2) is 7.29. The summed E-state index contributed by atoms with van der Waals surface area (Å²) in [5.74, 6) is -0.243. The first-order chi connectivity index (χ1) is 12.5. The van der Waals surface area contributed by atoms with Gasteiger partial charge in [-0.05, 0) is 48.9 Å². The molecule has 0 fully saturated rings. The van der Waals surface area contributed by atoms with Gasteiger partial charge in [0.2, 0.25) is 5.91 Å². The van der Waals surface area contributed by atoms with E-state index in [-0.39, 0.29) is 18.0 Å². The number of nitrogens with one attached hydrogen (secondary N) is 1. The zero-order chi connectivity index (χ0) is 18.8. The monoisotopic (exact) mass is 371 g/mol. The van der Waals surface area contributed by atoms with E-state index < -0.39 is 5.69 Å². The molecule has 0 aliphatic rings. The second-order valence-electron chi connectivity index (χ2n) is 6.21. The molecule has 7 heteroatoms. The SMILES string of the molecule is CCCNC(=O)Cn1c(=O)n(-c2cccc(C)c2C)c(=O)c2sccc21. The highest BCUT2D eigenvalue weighted by Gasteiger charge is 2.18. The molecule has 0 aliphatic heterocycles. The fraction of sp³-hybridized carbons (Fsp3) is 0.316. The molecule has 1 aromatic carbocycles. The van der Waals surface area contributed by atoms with E-state index in [1.807, 2.05) is 32.9 Å². The molecule has 2 heterocycles. The third-order valence-corrected chi connectivity index (χ3v) is 5.34. The summed E-state index contributed by atoms with van der Waals surface area (Å²) in [6, 6.07) is 7.22. The number of hydrogen-bond acceptors (Lipinski definition) is 4. The number of rotatable bonds is 5. The van der Waals surface area contributed by atoms with Gasteiger partial charge in [-0.25, -0.2) is 9.36 Å². The standard InChI is InChI=1S/C19H21N3O3S/c1-4-9-20-16(23)11-21-15-8-10-26-17(15)18(24)22(19(21)25)14-7-5-6-12(2)13(14)3/h5-8,10H,4,9,11H2,1-3H3,(H,20,23). The van der Waals surface area contributed by atoms with Crippen LogP contribution in [0.2, 0.25) is 0 Å². The minimum absolute atomic E-state index is 0.114. The summed E-state index contributed by atoms with van der Waals surface area (Å²) >= 11 is 1.28. The third-order valence-electron chi connectivity index (χ3n) is 4.45. The molecule has 0 atom stereocenters. The lowest BCUT2D eigenvalue weighted by atomic mass is 10.1. The Labute approximate surface area is 154 Å². The average Bonchev–Trinajstić information content (AvgIpc) is 3.10. The molecule has 136 valence electrons. The van der Waals surface area contributed by atoms with E-state index in [1.165, 1.54) is 20.5 Å². The summed E-state index contributed by atoms with van der Waals surface area (Å²) in [7, 11) is 0. The molecule has 26 heavy (non-hydrogen) atoms. The van der Waals surface area contributed by atoms with Gasteiger partial charge >= 0.3 is 5.69 Å². The topological polar surface area (TPSA) is 73.1 Å². The predicted octanol–water partition coefficient (Wildman–Crippen LogP) is 2.36. The Morgan fingerprint density at radius 1 is 1.19 bits per heavy atom. The number of fused-ring (bicyclic) bond motifs is 1. The highest BCUT2D eigenvalue weighted by molar-refractivity contribution is 7.17. The third kappa shape index (κ3) is 3.10. The van der Waals surface area contributed by atoms with Crippen molar-refractivity contribution < 1.29 is 4.79 Å². The summed E-state index contributed by atoms with van der Waals surface area (Å²) in [6.45, 7) is 6.22. The van der Waals surface area contributed by atoms with Gasteiger partial charge in [-0.15, -0.1) is 11.3 Å². The molecule has 0 bridgehead atoms. The highest BCUT2D eigenvalue weighted by atomic mass is 32.1. The molecule has 3 aromatic rings. The zero-order valence-corrected chi connectivity index (χ0v) is 15.9. The minimum Gasteiger partial charge on any atom is -0.355 e. The Morgan fingerprint density at radius 3 is 2.69 bits per heavy atom. The molecular formula is C19H21N3O3S. The molecule has 0 saturated carbocycles. The van der Waals surface area contributed by atoms with Crippen LogP contribution in [0.1, 0.15) is 24.5 Å². The van der Waals surface area contributed by atoms with Crippen molar-refractivity contribution in [1.29, 1.82) is 0 Å². The summed E-state index contributed by atoms with van der Waals surface area (Å²) in [5, 5.41) is 4.54. The van der Waals surface area contributed by atoms with E-state index in [0.717, 1.165) is 17.5 Å². The smallest absolute Gasteiger partial charge is 0.336 e. The lowest BCUT2D eigenvalue weighted by Gasteiger charge is -2.14. The summed E-state index contributed by atoms with van der Waals surface area (Å²) in [5.41, 5.74) is 2.06. The van der Waals surface area contributed by atoms with Crippen molar-refractivity contribution in [3.63, 3.8) is 0 Å². The van der Waals surface area contributed by atoms with Crippen LogP contribution in [0.15, 0.2) is 39.2 Å². The van der Waals surface area contributed by atoms with Crippen molar-refractivity contribution >= 4 is 27.5 Å². The maximum atomic E-state index is 13.1. The Kier molecular flexibility index (Phi) is 5.08. The number of amides is 1. The van der Waals surface area contributed by atoms with Gasteiger partial charge in [-0.2, -0.15) is 0 Å².